The Labute approximate surface area is 131 Å². The molecule has 21 heavy (non-hydrogen) atoms. The van der Waals surface area contributed by atoms with Crippen LogP contribution in [-0.4, -0.2) is 48.0 Å². The van der Waals surface area contributed by atoms with Crippen LogP contribution in [0.25, 0.3) is 0 Å². The Hall–Kier alpha value is -0.420. The molecule has 0 aromatic carbocycles. The summed E-state index contributed by atoms with van der Waals surface area (Å²) in [5.41, 5.74) is 0.000147. The second kappa shape index (κ2) is 6.78. The monoisotopic (exact) mass is 309 g/mol. The average Bonchev–Trinajstić information content (AvgIpc) is 3.18. The van der Waals surface area contributed by atoms with E-state index in [0.717, 1.165) is 52.0 Å². The topological polar surface area (TPSA) is 32.7 Å². The molecule has 3 nitrogen and oxygen atoms in total. The molecule has 1 saturated heterocycles. The van der Waals surface area contributed by atoms with Gasteiger partial charge in [-0.2, -0.15) is 0 Å². The molecule has 118 valence electrons. The number of aliphatic hydroxyl groups excluding tert-OH is 1. The largest absolute Gasteiger partial charge is 0.391 e. The van der Waals surface area contributed by atoms with E-state index in [1.165, 1.54) is 22.6 Å². The zero-order valence-corrected chi connectivity index (χ0v) is 13.8. The van der Waals surface area contributed by atoms with E-state index in [1.54, 1.807) is 0 Å². The van der Waals surface area contributed by atoms with Gasteiger partial charge < -0.3 is 9.84 Å². The fourth-order valence-corrected chi connectivity index (χ4v) is 4.95. The van der Waals surface area contributed by atoms with Gasteiger partial charge in [0.25, 0.3) is 0 Å². The molecule has 4 heteroatoms. The molecule has 1 aliphatic carbocycles. The molecule has 1 atom stereocenters. The van der Waals surface area contributed by atoms with Gasteiger partial charge in [0.05, 0.1) is 19.3 Å². The van der Waals surface area contributed by atoms with Crippen molar-refractivity contribution in [3.05, 3.63) is 21.9 Å². The SMILES string of the molecule is CCc1ccc(CC(O)C2(N3CCOCC3)CCCC2)s1. The predicted octanol–water partition coefficient (Wildman–Crippen LogP) is 2.86. The Morgan fingerprint density at radius 1 is 1.24 bits per heavy atom. The first-order valence-corrected chi connectivity index (χ1v) is 9.15. The third-order valence-electron chi connectivity index (χ3n) is 5.19. The van der Waals surface area contributed by atoms with Crippen molar-refractivity contribution in [2.45, 2.75) is 57.1 Å². The molecular weight excluding hydrogens is 282 g/mol. The van der Waals surface area contributed by atoms with E-state index in [9.17, 15) is 5.11 Å². The molecule has 0 amide bonds. The molecule has 1 aromatic rings. The Kier molecular flexibility index (Phi) is 4.99. The number of aliphatic hydroxyl groups is 1. The quantitative estimate of drug-likeness (QED) is 0.908. The summed E-state index contributed by atoms with van der Waals surface area (Å²) in [6, 6.07) is 4.41. The van der Waals surface area contributed by atoms with Gasteiger partial charge in [0.2, 0.25) is 0 Å². The first-order valence-electron chi connectivity index (χ1n) is 8.33. The third kappa shape index (κ3) is 3.19. The smallest absolute Gasteiger partial charge is 0.0771 e. The van der Waals surface area contributed by atoms with Gasteiger partial charge in [-0.3, -0.25) is 4.90 Å². The van der Waals surface area contributed by atoms with Crippen molar-refractivity contribution in [2.75, 3.05) is 26.3 Å². The van der Waals surface area contributed by atoms with Crippen LogP contribution in [0.15, 0.2) is 12.1 Å². The maximum atomic E-state index is 11.0. The molecule has 0 spiro atoms. The lowest BCUT2D eigenvalue weighted by Crippen LogP contribution is -2.58. The van der Waals surface area contributed by atoms with Crippen LogP contribution >= 0.6 is 11.3 Å². The van der Waals surface area contributed by atoms with E-state index in [-0.39, 0.29) is 11.6 Å². The molecule has 2 aliphatic rings. The van der Waals surface area contributed by atoms with E-state index in [4.69, 9.17) is 4.74 Å². The molecule has 2 fully saturated rings. The van der Waals surface area contributed by atoms with Crippen LogP contribution in [0.4, 0.5) is 0 Å². The highest BCUT2D eigenvalue weighted by Crippen LogP contribution is 2.40. The minimum absolute atomic E-state index is 0.000147. The summed E-state index contributed by atoms with van der Waals surface area (Å²) in [6.07, 6.45) is 6.43. The first kappa shape index (κ1) is 15.5. The number of nitrogens with zero attached hydrogens (tertiary/aromatic N) is 1. The van der Waals surface area contributed by atoms with Crippen molar-refractivity contribution < 1.29 is 9.84 Å². The number of hydrogen-bond acceptors (Lipinski definition) is 4. The number of hydrogen-bond donors (Lipinski definition) is 1. The standard InChI is InChI=1S/C17H27NO2S/c1-2-14-5-6-15(21-14)13-16(19)17(7-3-4-8-17)18-9-11-20-12-10-18/h5-6,16,19H,2-4,7-13H2,1H3. The summed E-state index contributed by atoms with van der Waals surface area (Å²) in [5.74, 6) is 0. The van der Waals surface area contributed by atoms with Crippen LogP contribution in [0.5, 0.6) is 0 Å². The van der Waals surface area contributed by atoms with Gasteiger partial charge >= 0.3 is 0 Å². The first-order chi connectivity index (χ1) is 10.2. The lowest BCUT2D eigenvalue weighted by atomic mass is 9.85. The Morgan fingerprint density at radius 2 is 1.90 bits per heavy atom. The fraction of sp³-hybridized carbons (Fsp3) is 0.765. The van der Waals surface area contributed by atoms with E-state index in [0.29, 0.717) is 0 Å². The molecule has 3 rings (SSSR count). The summed E-state index contributed by atoms with van der Waals surface area (Å²) in [6.45, 7) is 5.77. The van der Waals surface area contributed by atoms with Crippen LogP contribution in [0, 0.1) is 0 Å². The zero-order valence-electron chi connectivity index (χ0n) is 13.0. The highest BCUT2D eigenvalue weighted by Gasteiger charge is 2.45. The summed E-state index contributed by atoms with van der Waals surface area (Å²) in [5, 5.41) is 11.0. The normalized spacial score (nSPS) is 24.3. The van der Waals surface area contributed by atoms with Crippen molar-refractivity contribution in [1.29, 1.82) is 0 Å². The van der Waals surface area contributed by atoms with E-state index in [2.05, 4.69) is 24.0 Å². The zero-order chi connectivity index (χ0) is 14.7. The number of rotatable bonds is 5. The molecule has 2 heterocycles. The van der Waals surface area contributed by atoms with Gasteiger partial charge in [-0.05, 0) is 31.4 Å². The van der Waals surface area contributed by atoms with Gasteiger partial charge in [-0.1, -0.05) is 19.8 Å². The van der Waals surface area contributed by atoms with Gasteiger partial charge in [-0.25, -0.2) is 0 Å². The summed E-state index contributed by atoms with van der Waals surface area (Å²) in [7, 11) is 0. The van der Waals surface area contributed by atoms with Gasteiger partial charge in [0, 0.05) is 34.8 Å². The number of morpholine rings is 1. The van der Waals surface area contributed by atoms with Crippen LogP contribution in [-0.2, 0) is 17.6 Å². The minimum atomic E-state index is -0.249. The minimum Gasteiger partial charge on any atom is -0.391 e. The molecule has 1 N–H and O–H groups in total. The number of aryl methyl sites for hydroxylation is 1. The molecule has 1 saturated carbocycles. The molecule has 1 aromatic heterocycles. The maximum Gasteiger partial charge on any atom is 0.0771 e. The average molecular weight is 309 g/mol. The van der Waals surface area contributed by atoms with Crippen molar-refractivity contribution in [3.8, 4) is 0 Å². The van der Waals surface area contributed by atoms with E-state index >= 15 is 0 Å². The lowest BCUT2D eigenvalue weighted by molar-refractivity contribution is -0.0751. The molecule has 0 bridgehead atoms. The van der Waals surface area contributed by atoms with Crippen molar-refractivity contribution in [2.24, 2.45) is 0 Å². The van der Waals surface area contributed by atoms with Gasteiger partial charge in [-0.15, -0.1) is 11.3 Å². The van der Waals surface area contributed by atoms with Gasteiger partial charge in [0.1, 0.15) is 0 Å². The van der Waals surface area contributed by atoms with Crippen LogP contribution in [0.3, 0.4) is 0 Å². The molecule has 0 radical (unpaired) electrons. The third-order valence-corrected chi connectivity index (χ3v) is 6.44. The fourth-order valence-electron chi connectivity index (χ4n) is 3.96. The van der Waals surface area contributed by atoms with Crippen molar-refractivity contribution >= 4 is 11.3 Å². The van der Waals surface area contributed by atoms with Crippen LogP contribution in [0.1, 0.15) is 42.4 Å². The van der Waals surface area contributed by atoms with Crippen LogP contribution < -0.4 is 0 Å². The maximum absolute atomic E-state index is 11.0. The van der Waals surface area contributed by atoms with E-state index < -0.39 is 0 Å². The van der Waals surface area contributed by atoms with Crippen LogP contribution in [0.2, 0.25) is 0 Å². The Morgan fingerprint density at radius 3 is 2.52 bits per heavy atom. The summed E-state index contributed by atoms with van der Waals surface area (Å²) >= 11 is 1.86. The molecule has 1 unspecified atom stereocenters. The summed E-state index contributed by atoms with van der Waals surface area (Å²) < 4.78 is 5.50. The highest BCUT2D eigenvalue weighted by atomic mass is 32.1. The second-order valence-electron chi connectivity index (χ2n) is 6.35. The van der Waals surface area contributed by atoms with E-state index in [1.807, 2.05) is 11.3 Å². The molecular formula is C17H27NO2S. The number of thiophene rings is 1. The highest BCUT2D eigenvalue weighted by molar-refractivity contribution is 7.11. The summed E-state index contributed by atoms with van der Waals surface area (Å²) in [4.78, 5) is 5.27. The second-order valence-corrected chi connectivity index (χ2v) is 7.60. The van der Waals surface area contributed by atoms with Crippen molar-refractivity contribution in [1.82, 2.24) is 4.90 Å². The van der Waals surface area contributed by atoms with Crippen molar-refractivity contribution in [3.63, 3.8) is 0 Å². The lowest BCUT2D eigenvalue weighted by Gasteiger charge is -2.46. The number of ether oxygens (including phenoxy) is 1. The molecule has 1 aliphatic heterocycles. The Bertz CT molecular complexity index is 447. The van der Waals surface area contributed by atoms with Gasteiger partial charge in [0.15, 0.2) is 0 Å². The Balaban J connectivity index is 1.73. The predicted molar refractivity (Wildman–Crippen MR) is 87.0 cm³/mol.